The molecule has 0 aromatic rings. The van der Waals surface area contributed by atoms with Gasteiger partial charge in [0, 0.05) is 13.2 Å². The van der Waals surface area contributed by atoms with Crippen molar-refractivity contribution in [1.29, 1.82) is 0 Å². The van der Waals surface area contributed by atoms with Crippen LogP contribution in [-0.4, -0.2) is 13.2 Å². The molecule has 2 fully saturated rings. The van der Waals surface area contributed by atoms with Gasteiger partial charge in [-0.05, 0) is 42.4 Å². The van der Waals surface area contributed by atoms with Crippen LogP contribution >= 0.6 is 0 Å². The quantitative estimate of drug-likeness (QED) is 0.624. The van der Waals surface area contributed by atoms with Crippen LogP contribution in [-0.2, 0) is 4.74 Å². The summed E-state index contributed by atoms with van der Waals surface area (Å²) in [5.41, 5.74) is 0.539. The van der Waals surface area contributed by atoms with Crippen LogP contribution in [0, 0.1) is 23.2 Å². The van der Waals surface area contributed by atoms with Crippen LogP contribution in [0.1, 0.15) is 46.5 Å². The summed E-state index contributed by atoms with van der Waals surface area (Å²) < 4.78 is 5.81. The van der Waals surface area contributed by atoms with Crippen molar-refractivity contribution in [3.05, 3.63) is 0 Å². The van der Waals surface area contributed by atoms with E-state index in [-0.39, 0.29) is 0 Å². The van der Waals surface area contributed by atoms with Crippen molar-refractivity contribution in [2.75, 3.05) is 13.2 Å². The minimum Gasteiger partial charge on any atom is -0.381 e. The molecule has 1 heterocycles. The van der Waals surface area contributed by atoms with Gasteiger partial charge in [-0.2, -0.15) is 0 Å². The molecular formula is C13H24O. The van der Waals surface area contributed by atoms with E-state index >= 15 is 0 Å². The molecule has 14 heavy (non-hydrogen) atoms. The predicted octanol–water partition coefficient (Wildman–Crippen LogP) is 3.49. The highest BCUT2D eigenvalue weighted by Crippen LogP contribution is 2.48. The topological polar surface area (TPSA) is 9.23 Å². The van der Waals surface area contributed by atoms with E-state index in [1.54, 1.807) is 0 Å². The minimum absolute atomic E-state index is 0.539. The van der Waals surface area contributed by atoms with Crippen LogP contribution in [0.25, 0.3) is 0 Å². The maximum Gasteiger partial charge on any atom is 0.0499 e. The molecule has 3 atom stereocenters. The second-order valence-corrected chi connectivity index (χ2v) is 5.90. The lowest BCUT2D eigenvalue weighted by molar-refractivity contribution is 0.0406. The molecule has 0 aromatic carbocycles. The Bertz CT molecular complexity index is 189. The van der Waals surface area contributed by atoms with Gasteiger partial charge in [0.05, 0.1) is 0 Å². The molecule has 1 aliphatic heterocycles. The standard InChI is InChI=1S/C13H24O/c1-10(2)13(3)7-11-5-4-6-12(13)9-14-8-11/h10-12H,4-9H2,1-3H3. The van der Waals surface area contributed by atoms with Crippen LogP contribution in [0.2, 0.25) is 0 Å². The van der Waals surface area contributed by atoms with Gasteiger partial charge in [0.1, 0.15) is 0 Å². The van der Waals surface area contributed by atoms with Crippen molar-refractivity contribution >= 4 is 0 Å². The molecule has 2 rings (SSSR count). The molecule has 0 aromatic heterocycles. The summed E-state index contributed by atoms with van der Waals surface area (Å²) in [6, 6.07) is 0. The average Bonchev–Trinajstić information content (AvgIpc) is 2.32. The normalized spacial score (nSPS) is 43.7. The lowest BCUT2D eigenvalue weighted by atomic mass is 9.66. The molecule has 1 nitrogen and oxygen atoms in total. The predicted molar refractivity (Wildman–Crippen MR) is 59.2 cm³/mol. The summed E-state index contributed by atoms with van der Waals surface area (Å²) >= 11 is 0. The van der Waals surface area contributed by atoms with Crippen LogP contribution < -0.4 is 0 Å². The summed E-state index contributed by atoms with van der Waals surface area (Å²) in [7, 11) is 0. The Hall–Kier alpha value is -0.0400. The maximum atomic E-state index is 5.81. The van der Waals surface area contributed by atoms with E-state index in [9.17, 15) is 0 Å². The van der Waals surface area contributed by atoms with E-state index in [2.05, 4.69) is 20.8 Å². The number of hydrogen-bond donors (Lipinski definition) is 0. The Morgan fingerprint density at radius 2 is 2.00 bits per heavy atom. The molecule has 3 unspecified atom stereocenters. The fourth-order valence-corrected chi connectivity index (χ4v) is 3.37. The van der Waals surface area contributed by atoms with Crippen molar-refractivity contribution in [2.24, 2.45) is 23.2 Å². The second-order valence-electron chi connectivity index (χ2n) is 5.90. The molecule has 0 radical (unpaired) electrons. The smallest absolute Gasteiger partial charge is 0.0499 e. The van der Waals surface area contributed by atoms with Crippen LogP contribution in [0.3, 0.4) is 0 Å². The SMILES string of the molecule is CC(C)C1(C)CC2CCCC1COC2. The van der Waals surface area contributed by atoms with E-state index in [1.165, 1.54) is 25.7 Å². The highest BCUT2D eigenvalue weighted by molar-refractivity contribution is 4.91. The Labute approximate surface area is 88.2 Å². The van der Waals surface area contributed by atoms with E-state index in [0.717, 1.165) is 31.0 Å². The van der Waals surface area contributed by atoms with Crippen LogP contribution in [0.4, 0.5) is 0 Å². The first-order valence-corrected chi connectivity index (χ1v) is 6.20. The zero-order valence-electron chi connectivity index (χ0n) is 9.88. The number of fused-ring (bicyclic) bond motifs is 3. The lowest BCUT2D eigenvalue weighted by Gasteiger charge is -2.39. The van der Waals surface area contributed by atoms with Gasteiger partial charge in [0.2, 0.25) is 0 Å². The van der Waals surface area contributed by atoms with Gasteiger partial charge in [-0.25, -0.2) is 0 Å². The lowest BCUT2D eigenvalue weighted by Crippen LogP contribution is -2.34. The molecule has 1 aliphatic carbocycles. The largest absolute Gasteiger partial charge is 0.381 e. The summed E-state index contributed by atoms with van der Waals surface area (Å²) in [4.78, 5) is 0. The third-order valence-electron chi connectivity index (χ3n) is 4.82. The van der Waals surface area contributed by atoms with Crippen molar-refractivity contribution in [1.82, 2.24) is 0 Å². The van der Waals surface area contributed by atoms with Crippen LogP contribution in [0.15, 0.2) is 0 Å². The average molecular weight is 196 g/mol. The molecule has 1 saturated carbocycles. The summed E-state index contributed by atoms with van der Waals surface area (Å²) in [6.07, 6.45) is 5.63. The summed E-state index contributed by atoms with van der Waals surface area (Å²) in [5, 5.41) is 0. The molecule has 82 valence electrons. The Morgan fingerprint density at radius 1 is 1.21 bits per heavy atom. The molecule has 0 amide bonds. The van der Waals surface area contributed by atoms with Crippen molar-refractivity contribution in [3.63, 3.8) is 0 Å². The third kappa shape index (κ3) is 1.71. The number of ether oxygens (including phenoxy) is 1. The molecule has 2 aliphatic rings. The molecule has 0 N–H and O–H groups in total. The Morgan fingerprint density at radius 3 is 2.71 bits per heavy atom. The zero-order valence-corrected chi connectivity index (χ0v) is 9.88. The first kappa shape index (κ1) is 10.5. The van der Waals surface area contributed by atoms with Gasteiger partial charge >= 0.3 is 0 Å². The van der Waals surface area contributed by atoms with Gasteiger partial charge in [-0.1, -0.05) is 27.2 Å². The fourth-order valence-electron chi connectivity index (χ4n) is 3.37. The van der Waals surface area contributed by atoms with Gasteiger partial charge in [-0.15, -0.1) is 0 Å². The van der Waals surface area contributed by atoms with Crippen molar-refractivity contribution in [3.8, 4) is 0 Å². The number of hydrogen-bond acceptors (Lipinski definition) is 1. The van der Waals surface area contributed by atoms with Gasteiger partial charge in [-0.3, -0.25) is 0 Å². The summed E-state index contributed by atoms with van der Waals surface area (Å²) in [6.45, 7) is 9.32. The third-order valence-corrected chi connectivity index (χ3v) is 4.82. The van der Waals surface area contributed by atoms with E-state index < -0.39 is 0 Å². The van der Waals surface area contributed by atoms with Gasteiger partial charge < -0.3 is 4.74 Å². The zero-order chi connectivity index (χ0) is 10.2. The summed E-state index contributed by atoms with van der Waals surface area (Å²) in [5.74, 6) is 2.46. The molecular weight excluding hydrogens is 172 g/mol. The first-order chi connectivity index (χ1) is 6.63. The maximum absolute atomic E-state index is 5.81. The first-order valence-electron chi connectivity index (χ1n) is 6.20. The molecule has 0 spiro atoms. The monoisotopic (exact) mass is 196 g/mol. The van der Waals surface area contributed by atoms with Crippen molar-refractivity contribution in [2.45, 2.75) is 46.5 Å². The van der Waals surface area contributed by atoms with E-state index in [1.807, 2.05) is 0 Å². The fraction of sp³-hybridized carbons (Fsp3) is 1.00. The van der Waals surface area contributed by atoms with Gasteiger partial charge in [0.25, 0.3) is 0 Å². The number of rotatable bonds is 1. The highest BCUT2D eigenvalue weighted by atomic mass is 16.5. The highest BCUT2D eigenvalue weighted by Gasteiger charge is 2.42. The second kappa shape index (κ2) is 3.84. The molecule has 1 heteroatoms. The molecule has 1 saturated heterocycles. The van der Waals surface area contributed by atoms with Gasteiger partial charge in [0.15, 0.2) is 0 Å². The van der Waals surface area contributed by atoms with E-state index in [0.29, 0.717) is 5.41 Å². The minimum atomic E-state index is 0.539. The Kier molecular flexibility index (Phi) is 2.88. The van der Waals surface area contributed by atoms with E-state index in [4.69, 9.17) is 4.74 Å². The Balaban J connectivity index is 2.23. The van der Waals surface area contributed by atoms with Crippen LogP contribution in [0.5, 0.6) is 0 Å². The van der Waals surface area contributed by atoms with Crippen molar-refractivity contribution < 1.29 is 4.74 Å². The molecule has 2 bridgehead atoms.